The third-order valence-electron chi connectivity index (χ3n) is 3.07. The van der Waals surface area contributed by atoms with E-state index in [4.69, 9.17) is 5.73 Å². The van der Waals surface area contributed by atoms with Crippen LogP contribution in [-0.2, 0) is 5.54 Å². The predicted molar refractivity (Wildman–Crippen MR) is 52.5 cm³/mol. The molecule has 0 aromatic heterocycles. The fourth-order valence-electron chi connectivity index (χ4n) is 1.87. The highest BCUT2D eigenvalue weighted by molar-refractivity contribution is 5.40. The summed E-state index contributed by atoms with van der Waals surface area (Å²) >= 11 is 0. The summed E-state index contributed by atoms with van der Waals surface area (Å²) < 4.78 is 13.6. The van der Waals surface area contributed by atoms with Gasteiger partial charge in [-0.3, -0.25) is 0 Å². The van der Waals surface area contributed by atoms with Crippen LogP contribution in [0.5, 0.6) is 5.75 Å². The lowest BCUT2D eigenvalue weighted by atomic mass is 9.72. The van der Waals surface area contributed by atoms with E-state index in [0.29, 0.717) is 11.1 Å². The van der Waals surface area contributed by atoms with Crippen LogP contribution >= 0.6 is 0 Å². The molecule has 1 saturated carbocycles. The maximum Gasteiger partial charge on any atom is 0.128 e. The van der Waals surface area contributed by atoms with Crippen molar-refractivity contribution in [3.63, 3.8) is 0 Å². The molecule has 1 aliphatic rings. The molecule has 1 aromatic rings. The van der Waals surface area contributed by atoms with E-state index in [1.807, 2.05) is 0 Å². The van der Waals surface area contributed by atoms with Gasteiger partial charge in [0, 0.05) is 11.1 Å². The largest absolute Gasteiger partial charge is 0.508 e. The molecular weight excluding hydrogens is 181 g/mol. The van der Waals surface area contributed by atoms with E-state index in [1.54, 1.807) is 6.92 Å². The lowest BCUT2D eigenvalue weighted by Gasteiger charge is -2.38. The van der Waals surface area contributed by atoms with Crippen molar-refractivity contribution in [3.05, 3.63) is 29.1 Å². The number of aromatic hydroxyl groups is 1. The molecule has 0 heterocycles. The van der Waals surface area contributed by atoms with Gasteiger partial charge in [0.2, 0.25) is 0 Å². The normalized spacial score (nSPS) is 19.1. The Balaban J connectivity index is 2.48. The molecule has 0 aliphatic heterocycles. The number of hydrogen-bond acceptors (Lipinski definition) is 2. The summed E-state index contributed by atoms with van der Waals surface area (Å²) in [6.45, 7) is 1.67. The van der Waals surface area contributed by atoms with Crippen LogP contribution in [0.2, 0.25) is 0 Å². The number of rotatable bonds is 1. The molecule has 0 atom stereocenters. The minimum atomic E-state index is -0.546. The van der Waals surface area contributed by atoms with Gasteiger partial charge in [0.1, 0.15) is 11.6 Å². The van der Waals surface area contributed by atoms with E-state index < -0.39 is 5.54 Å². The van der Waals surface area contributed by atoms with Crippen molar-refractivity contribution in [1.29, 1.82) is 0 Å². The van der Waals surface area contributed by atoms with Gasteiger partial charge in [0.25, 0.3) is 0 Å². The van der Waals surface area contributed by atoms with Crippen molar-refractivity contribution in [1.82, 2.24) is 0 Å². The highest BCUT2D eigenvalue weighted by Crippen LogP contribution is 2.41. The van der Waals surface area contributed by atoms with Crippen LogP contribution in [-0.4, -0.2) is 5.11 Å². The summed E-state index contributed by atoms with van der Waals surface area (Å²) in [6, 6.07) is 2.81. The Labute approximate surface area is 82.5 Å². The molecule has 76 valence electrons. The molecule has 2 rings (SSSR count). The van der Waals surface area contributed by atoms with E-state index in [0.717, 1.165) is 19.3 Å². The van der Waals surface area contributed by atoms with E-state index in [9.17, 15) is 9.50 Å². The minimum absolute atomic E-state index is 0.123. The fourth-order valence-corrected chi connectivity index (χ4v) is 1.87. The monoisotopic (exact) mass is 195 g/mol. The van der Waals surface area contributed by atoms with Crippen molar-refractivity contribution < 1.29 is 9.50 Å². The van der Waals surface area contributed by atoms with Gasteiger partial charge in [-0.2, -0.15) is 0 Å². The smallest absolute Gasteiger partial charge is 0.128 e. The molecule has 0 bridgehead atoms. The summed E-state index contributed by atoms with van der Waals surface area (Å²) in [6.07, 6.45) is 2.63. The molecule has 3 heteroatoms. The highest BCUT2D eigenvalue weighted by atomic mass is 19.1. The van der Waals surface area contributed by atoms with Crippen LogP contribution in [0, 0.1) is 12.7 Å². The molecule has 14 heavy (non-hydrogen) atoms. The van der Waals surface area contributed by atoms with Crippen molar-refractivity contribution >= 4 is 0 Å². The van der Waals surface area contributed by atoms with Crippen LogP contribution in [0.4, 0.5) is 4.39 Å². The summed E-state index contributed by atoms with van der Waals surface area (Å²) in [5.74, 6) is -0.180. The van der Waals surface area contributed by atoms with Gasteiger partial charge < -0.3 is 10.8 Å². The zero-order valence-corrected chi connectivity index (χ0v) is 8.18. The first kappa shape index (κ1) is 9.46. The first-order chi connectivity index (χ1) is 6.53. The average molecular weight is 195 g/mol. The zero-order chi connectivity index (χ0) is 10.3. The molecule has 0 amide bonds. The minimum Gasteiger partial charge on any atom is -0.508 e. The molecule has 2 nitrogen and oxygen atoms in total. The third-order valence-corrected chi connectivity index (χ3v) is 3.07. The first-order valence-electron chi connectivity index (χ1n) is 4.81. The summed E-state index contributed by atoms with van der Waals surface area (Å²) in [5.41, 5.74) is 6.45. The molecular formula is C11H14FNO. The van der Waals surface area contributed by atoms with Gasteiger partial charge in [-0.15, -0.1) is 0 Å². The Morgan fingerprint density at radius 3 is 2.57 bits per heavy atom. The van der Waals surface area contributed by atoms with Crippen molar-refractivity contribution in [3.8, 4) is 5.75 Å². The van der Waals surface area contributed by atoms with Crippen molar-refractivity contribution in [2.75, 3.05) is 0 Å². The Morgan fingerprint density at radius 2 is 2.07 bits per heavy atom. The van der Waals surface area contributed by atoms with Crippen LogP contribution in [0.15, 0.2) is 12.1 Å². The van der Waals surface area contributed by atoms with E-state index in [-0.39, 0.29) is 11.6 Å². The summed E-state index contributed by atoms with van der Waals surface area (Å²) in [7, 11) is 0. The van der Waals surface area contributed by atoms with Gasteiger partial charge >= 0.3 is 0 Å². The van der Waals surface area contributed by atoms with Gasteiger partial charge in [-0.05, 0) is 43.9 Å². The van der Waals surface area contributed by atoms with E-state index in [1.165, 1.54) is 12.1 Å². The van der Waals surface area contributed by atoms with Crippen LogP contribution in [0.1, 0.15) is 30.4 Å². The van der Waals surface area contributed by atoms with E-state index in [2.05, 4.69) is 0 Å². The lowest BCUT2D eigenvalue weighted by molar-refractivity contribution is 0.244. The number of benzene rings is 1. The SMILES string of the molecule is Cc1cc(F)c(C2(N)CCC2)cc1O. The molecule has 3 N–H and O–H groups in total. The quantitative estimate of drug-likeness (QED) is 0.721. The second kappa shape index (κ2) is 2.95. The molecule has 0 spiro atoms. The third kappa shape index (κ3) is 1.28. The Hall–Kier alpha value is -1.09. The maximum absolute atomic E-state index is 13.6. The van der Waals surface area contributed by atoms with Gasteiger partial charge in [-0.25, -0.2) is 4.39 Å². The summed E-state index contributed by atoms with van der Waals surface area (Å²) in [4.78, 5) is 0. The second-order valence-corrected chi connectivity index (χ2v) is 4.13. The molecule has 0 saturated heterocycles. The number of hydrogen-bond donors (Lipinski definition) is 2. The van der Waals surface area contributed by atoms with Crippen LogP contribution in [0.25, 0.3) is 0 Å². The topological polar surface area (TPSA) is 46.2 Å². The van der Waals surface area contributed by atoms with E-state index >= 15 is 0 Å². The molecule has 1 aliphatic carbocycles. The first-order valence-corrected chi connectivity index (χ1v) is 4.81. The lowest BCUT2D eigenvalue weighted by Crippen LogP contribution is -2.44. The number of phenols is 1. The molecule has 0 unspecified atom stereocenters. The highest BCUT2D eigenvalue weighted by Gasteiger charge is 2.36. The average Bonchev–Trinajstić information content (AvgIpc) is 2.07. The standard InChI is InChI=1S/C11H14FNO/c1-7-5-9(12)8(6-10(7)14)11(13)3-2-4-11/h5-6,14H,2-4,13H2,1H3. The van der Waals surface area contributed by atoms with Crippen LogP contribution in [0.3, 0.4) is 0 Å². The van der Waals surface area contributed by atoms with Gasteiger partial charge in [0.05, 0.1) is 0 Å². The van der Waals surface area contributed by atoms with Crippen LogP contribution < -0.4 is 5.73 Å². The number of phenolic OH excluding ortho intramolecular Hbond substituents is 1. The molecule has 0 radical (unpaired) electrons. The second-order valence-electron chi connectivity index (χ2n) is 4.13. The maximum atomic E-state index is 13.6. The predicted octanol–water partition coefficient (Wildman–Crippen LogP) is 2.18. The van der Waals surface area contributed by atoms with Gasteiger partial charge in [-0.1, -0.05) is 0 Å². The fraction of sp³-hybridized carbons (Fsp3) is 0.455. The number of aryl methyl sites for hydroxylation is 1. The summed E-state index contributed by atoms with van der Waals surface area (Å²) in [5, 5.41) is 9.49. The molecule has 1 aromatic carbocycles. The van der Waals surface area contributed by atoms with Crippen molar-refractivity contribution in [2.24, 2.45) is 5.73 Å². The van der Waals surface area contributed by atoms with Crippen molar-refractivity contribution in [2.45, 2.75) is 31.7 Å². The molecule has 1 fully saturated rings. The Kier molecular flexibility index (Phi) is 2.00. The Morgan fingerprint density at radius 1 is 1.43 bits per heavy atom. The Bertz CT molecular complexity index is 372. The zero-order valence-electron chi connectivity index (χ0n) is 8.18. The van der Waals surface area contributed by atoms with Gasteiger partial charge in [0.15, 0.2) is 0 Å². The number of halogens is 1. The number of nitrogens with two attached hydrogens (primary N) is 1.